The van der Waals surface area contributed by atoms with E-state index in [1.807, 2.05) is 12.1 Å². The van der Waals surface area contributed by atoms with Gasteiger partial charge in [0.2, 0.25) is 0 Å². The standard InChI is InChI=1S/C23H21NO6S2.2Na/c1-15-9-10-19(23(11-15)32(28,29)30)20(18-7-4-6-17-13-24-14-21(17)18)12-16-5-2-3-8-22(16)31(25,26)27;;/h2-12,24H,13-14H2,1H3,(H,25,26,27)(H,28,29,30);;/q;2*+1/p-2. The predicted octanol–water partition coefficient (Wildman–Crippen LogP) is -3.00. The first kappa shape index (κ1) is 29.4. The fraction of sp³-hybridized carbons (Fsp3) is 0.130. The van der Waals surface area contributed by atoms with E-state index in [4.69, 9.17) is 0 Å². The van der Waals surface area contributed by atoms with Crippen molar-refractivity contribution in [1.29, 1.82) is 0 Å². The van der Waals surface area contributed by atoms with E-state index in [1.54, 1.807) is 25.1 Å². The van der Waals surface area contributed by atoms with Gasteiger partial charge < -0.3 is 14.4 Å². The van der Waals surface area contributed by atoms with E-state index in [0.717, 1.165) is 11.1 Å². The molecule has 1 aliphatic rings. The third-order valence-corrected chi connectivity index (χ3v) is 7.15. The van der Waals surface area contributed by atoms with Crippen LogP contribution < -0.4 is 64.4 Å². The van der Waals surface area contributed by atoms with Crippen LogP contribution in [-0.2, 0) is 33.3 Å². The molecule has 1 N–H and O–H groups in total. The second-order valence-corrected chi connectivity index (χ2v) is 10.2. The van der Waals surface area contributed by atoms with Crippen molar-refractivity contribution in [1.82, 2.24) is 5.32 Å². The van der Waals surface area contributed by atoms with Crippen molar-refractivity contribution >= 4 is 31.9 Å². The van der Waals surface area contributed by atoms with E-state index < -0.39 is 30.0 Å². The second-order valence-electron chi connectivity index (χ2n) is 7.55. The Hall–Kier alpha value is -0.820. The Kier molecular flexibility index (Phi) is 9.94. The second kappa shape index (κ2) is 11.5. The summed E-state index contributed by atoms with van der Waals surface area (Å²) >= 11 is 0. The molecule has 7 nitrogen and oxygen atoms in total. The van der Waals surface area contributed by atoms with Crippen molar-refractivity contribution in [2.24, 2.45) is 0 Å². The Balaban J connectivity index is 0.00000204. The third kappa shape index (κ3) is 6.29. The van der Waals surface area contributed by atoms with Crippen molar-refractivity contribution < 1.29 is 85.1 Å². The molecule has 3 aromatic carbocycles. The molecular formula is C23H19NNa2O6S2. The average molecular weight is 516 g/mol. The fourth-order valence-corrected chi connectivity index (χ4v) is 5.36. The summed E-state index contributed by atoms with van der Waals surface area (Å²) in [6.07, 6.45) is 1.46. The number of rotatable bonds is 5. The van der Waals surface area contributed by atoms with Crippen LogP contribution in [0, 0.1) is 6.92 Å². The number of nitrogens with one attached hydrogen (secondary N) is 1. The van der Waals surface area contributed by atoms with Crippen LogP contribution in [0.1, 0.15) is 33.4 Å². The maximum absolute atomic E-state index is 12.1. The molecule has 0 aliphatic carbocycles. The van der Waals surface area contributed by atoms with Crippen molar-refractivity contribution in [3.63, 3.8) is 0 Å². The molecule has 0 radical (unpaired) electrons. The third-order valence-electron chi connectivity index (χ3n) is 5.37. The van der Waals surface area contributed by atoms with Gasteiger partial charge in [-0.2, -0.15) is 0 Å². The summed E-state index contributed by atoms with van der Waals surface area (Å²) in [5.74, 6) is 0. The molecule has 1 heterocycles. The number of fused-ring (bicyclic) bond motifs is 1. The van der Waals surface area contributed by atoms with Crippen LogP contribution in [0.4, 0.5) is 0 Å². The molecule has 1 aliphatic heterocycles. The van der Waals surface area contributed by atoms with Crippen molar-refractivity contribution in [3.05, 3.63) is 94.0 Å². The summed E-state index contributed by atoms with van der Waals surface area (Å²) < 4.78 is 71.8. The van der Waals surface area contributed by atoms with E-state index >= 15 is 0 Å². The molecule has 0 aromatic heterocycles. The SMILES string of the molecule is Cc1ccc(C(=Cc2ccccc2S(=O)(=O)[O-])c2cccc3c2CNC3)c(S(=O)(=O)[O-])c1.[Na+].[Na+]. The molecule has 0 spiro atoms. The molecule has 11 heteroatoms. The van der Waals surface area contributed by atoms with E-state index in [2.05, 4.69) is 5.32 Å². The van der Waals surface area contributed by atoms with Crippen LogP contribution in [0.3, 0.4) is 0 Å². The number of hydrogen-bond acceptors (Lipinski definition) is 7. The van der Waals surface area contributed by atoms with E-state index in [1.165, 1.54) is 36.4 Å². The number of benzene rings is 3. The first-order chi connectivity index (χ1) is 15.1. The summed E-state index contributed by atoms with van der Waals surface area (Å²) in [5, 5.41) is 3.23. The van der Waals surface area contributed by atoms with Gasteiger partial charge in [0, 0.05) is 13.1 Å². The summed E-state index contributed by atoms with van der Waals surface area (Å²) in [6, 6.07) is 15.7. The molecule has 0 saturated carbocycles. The van der Waals surface area contributed by atoms with E-state index in [-0.39, 0.29) is 70.2 Å². The zero-order valence-corrected chi connectivity index (χ0v) is 24.7. The van der Waals surface area contributed by atoms with Gasteiger partial charge in [-0.05, 0) is 64.1 Å². The van der Waals surface area contributed by atoms with E-state index in [0.29, 0.717) is 29.8 Å². The van der Waals surface area contributed by atoms with Crippen molar-refractivity contribution in [3.8, 4) is 0 Å². The Bertz CT molecular complexity index is 1470. The molecule has 0 bridgehead atoms. The first-order valence-corrected chi connectivity index (χ1v) is 12.5. The number of aryl methyl sites for hydroxylation is 1. The monoisotopic (exact) mass is 515 g/mol. The van der Waals surface area contributed by atoms with Gasteiger partial charge in [-0.3, -0.25) is 0 Å². The summed E-state index contributed by atoms with van der Waals surface area (Å²) in [4.78, 5) is -0.836. The molecule has 3 aromatic rings. The van der Waals surface area contributed by atoms with Gasteiger partial charge >= 0.3 is 59.1 Å². The zero-order valence-electron chi connectivity index (χ0n) is 19.0. The Labute approximate surface area is 243 Å². The fourth-order valence-electron chi connectivity index (χ4n) is 3.93. The molecule has 0 fully saturated rings. The molecule has 4 rings (SSSR count). The van der Waals surface area contributed by atoms with Crippen LogP contribution >= 0.6 is 0 Å². The normalized spacial score (nSPS) is 13.6. The van der Waals surface area contributed by atoms with Gasteiger partial charge in [-0.15, -0.1) is 0 Å². The Morgan fingerprint density at radius 1 is 0.824 bits per heavy atom. The van der Waals surface area contributed by atoms with Crippen molar-refractivity contribution in [2.75, 3.05) is 0 Å². The summed E-state index contributed by atoms with van der Waals surface area (Å²) in [6.45, 7) is 2.82. The van der Waals surface area contributed by atoms with Gasteiger partial charge in [-0.1, -0.05) is 48.5 Å². The quantitative estimate of drug-likeness (QED) is 0.218. The van der Waals surface area contributed by atoms with Crippen LogP contribution in [0.15, 0.2) is 70.5 Å². The van der Waals surface area contributed by atoms with Gasteiger partial charge in [0.05, 0.1) is 9.79 Å². The van der Waals surface area contributed by atoms with Crippen LogP contribution in [0.5, 0.6) is 0 Å². The molecule has 166 valence electrons. The van der Waals surface area contributed by atoms with Crippen LogP contribution in [-0.4, -0.2) is 25.9 Å². The maximum Gasteiger partial charge on any atom is 1.00 e. The van der Waals surface area contributed by atoms with Gasteiger partial charge in [0.25, 0.3) is 0 Å². The predicted molar refractivity (Wildman–Crippen MR) is 118 cm³/mol. The van der Waals surface area contributed by atoms with Crippen LogP contribution in [0.25, 0.3) is 11.6 Å². The minimum Gasteiger partial charge on any atom is -0.744 e. The molecule has 0 saturated heterocycles. The van der Waals surface area contributed by atoms with Gasteiger partial charge in [-0.25, -0.2) is 16.8 Å². The first-order valence-electron chi connectivity index (χ1n) is 9.71. The minimum atomic E-state index is -4.84. The molecule has 0 atom stereocenters. The maximum atomic E-state index is 12.1. The minimum absolute atomic E-state index is 0. The topological polar surface area (TPSA) is 126 Å². The van der Waals surface area contributed by atoms with Crippen LogP contribution in [0.2, 0.25) is 0 Å². The summed E-state index contributed by atoms with van der Waals surface area (Å²) in [5.41, 5.74) is 3.76. The molecular weight excluding hydrogens is 496 g/mol. The molecule has 0 unspecified atom stereocenters. The molecule has 0 amide bonds. The largest absolute Gasteiger partial charge is 1.00 e. The average Bonchev–Trinajstić information content (AvgIpc) is 3.20. The Morgan fingerprint density at radius 2 is 1.50 bits per heavy atom. The number of hydrogen-bond donors (Lipinski definition) is 1. The van der Waals surface area contributed by atoms with Gasteiger partial charge in [0.15, 0.2) is 0 Å². The summed E-state index contributed by atoms with van der Waals surface area (Å²) in [7, 11) is -9.63. The molecule has 34 heavy (non-hydrogen) atoms. The Morgan fingerprint density at radius 3 is 2.18 bits per heavy atom. The zero-order chi connectivity index (χ0) is 23.1. The smallest absolute Gasteiger partial charge is 0.744 e. The van der Waals surface area contributed by atoms with Gasteiger partial charge in [0.1, 0.15) is 20.2 Å². The van der Waals surface area contributed by atoms with E-state index in [9.17, 15) is 25.9 Å². The van der Waals surface area contributed by atoms with Crippen molar-refractivity contribution in [2.45, 2.75) is 29.8 Å².